The second kappa shape index (κ2) is 12.9. The van der Waals surface area contributed by atoms with Crippen LogP contribution in [0.25, 0.3) is 6.08 Å². The molecule has 0 amide bonds. The molecule has 0 aliphatic carbocycles. The number of hydrogen-bond donors (Lipinski definition) is 0. The summed E-state index contributed by atoms with van der Waals surface area (Å²) in [7, 11) is -1.25. The lowest BCUT2D eigenvalue weighted by molar-refractivity contribution is 1.40. The Bertz CT molecular complexity index is 1490. The van der Waals surface area contributed by atoms with Crippen LogP contribution in [0.2, 0.25) is 0 Å². The second-order valence-electron chi connectivity index (χ2n) is 10.7. The van der Waals surface area contributed by atoms with Crippen LogP contribution in [0.4, 0.5) is 0 Å². The van der Waals surface area contributed by atoms with Crippen LogP contribution in [-0.4, -0.2) is 6.16 Å². The Morgan fingerprint density at radius 3 is 1.55 bits per heavy atom. The summed E-state index contributed by atoms with van der Waals surface area (Å²) < 4.78 is 0. The van der Waals surface area contributed by atoms with Crippen LogP contribution in [0.3, 0.4) is 0 Å². The summed E-state index contributed by atoms with van der Waals surface area (Å²) in [4.78, 5) is 0. The van der Waals surface area contributed by atoms with Gasteiger partial charge in [0, 0.05) is 0 Å². The maximum atomic E-state index is 3.72. The molecule has 0 nitrogen and oxygen atoms in total. The fourth-order valence-electron chi connectivity index (χ4n) is 5.43. The summed E-state index contributed by atoms with van der Waals surface area (Å²) in [6.45, 7) is 11.1. The van der Waals surface area contributed by atoms with Crippen molar-refractivity contribution in [3.05, 3.63) is 155 Å². The molecule has 0 unspecified atom stereocenters. The number of hydrogen-bond acceptors (Lipinski definition) is 0. The SMILES string of the molecule is C/C(=C\c1ccc[c-]c1P(c1cc(C)cc(C)c1)c1cc(C)cc(C)c1)CP(c1ccccc1)c1ccccc1. The maximum absolute atomic E-state index is 3.72. The summed E-state index contributed by atoms with van der Waals surface area (Å²) in [6.07, 6.45) is 3.45. The highest BCUT2D eigenvalue weighted by atomic mass is 31.1. The normalized spacial score (nSPS) is 11.8. The van der Waals surface area contributed by atoms with Crippen molar-refractivity contribution in [1.29, 1.82) is 0 Å². The monoisotopic (exact) mass is 555 g/mol. The Hall–Kier alpha value is -3.30. The van der Waals surface area contributed by atoms with E-state index in [4.69, 9.17) is 0 Å². The molecular formula is C38H37P2-. The van der Waals surface area contributed by atoms with Gasteiger partial charge in [0.1, 0.15) is 0 Å². The van der Waals surface area contributed by atoms with Gasteiger partial charge in [-0.2, -0.15) is 24.3 Å². The molecule has 0 aliphatic heterocycles. The molecule has 40 heavy (non-hydrogen) atoms. The molecule has 200 valence electrons. The van der Waals surface area contributed by atoms with Crippen molar-refractivity contribution < 1.29 is 0 Å². The third-order valence-electron chi connectivity index (χ3n) is 6.96. The van der Waals surface area contributed by atoms with E-state index in [-0.39, 0.29) is 0 Å². The van der Waals surface area contributed by atoms with Crippen LogP contribution in [0.15, 0.2) is 121 Å². The standard InChI is InChI=1S/C38H37P2/c1-28-20-29(2)24-36(23-28)40(37-25-30(3)21-31(4)26-37)38-19-13-12-14-33(38)22-32(5)27-39(34-15-8-6-9-16-34)35-17-10-7-11-18-35/h6-18,20-26H,27H2,1-5H3/q-1/b32-22+. The molecule has 0 bridgehead atoms. The quantitative estimate of drug-likeness (QED) is 0.134. The lowest BCUT2D eigenvalue weighted by Gasteiger charge is -2.28. The lowest BCUT2D eigenvalue weighted by atomic mass is 10.1. The largest absolute Gasteiger partial charge is 0.176 e. The summed E-state index contributed by atoms with van der Waals surface area (Å²) in [6, 6.07) is 46.3. The van der Waals surface area contributed by atoms with Gasteiger partial charge in [0.2, 0.25) is 0 Å². The van der Waals surface area contributed by atoms with Crippen LogP contribution in [0.5, 0.6) is 0 Å². The first-order valence-electron chi connectivity index (χ1n) is 13.9. The fraction of sp³-hybridized carbons (Fsp3) is 0.158. The van der Waals surface area contributed by atoms with E-state index < -0.39 is 15.8 Å². The summed E-state index contributed by atoms with van der Waals surface area (Å²) in [5, 5.41) is 6.93. The van der Waals surface area contributed by atoms with E-state index in [9.17, 15) is 0 Å². The maximum Gasteiger partial charge on any atom is -0.00436 e. The summed E-state index contributed by atoms with van der Waals surface area (Å²) in [5.41, 5.74) is 7.93. The van der Waals surface area contributed by atoms with Gasteiger partial charge in [-0.1, -0.05) is 125 Å². The molecule has 5 rings (SSSR count). The molecule has 0 saturated carbocycles. The Labute approximate surface area is 243 Å². The van der Waals surface area contributed by atoms with Crippen molar-refractivity contribution in [2.45, 2.75) is 34.6 Å². The minimum atomic E-state index is -0.765. The molecule has 0 spiro atoms. The molecule has 0 atom stereocenters. The van der Waals surface area contributed by atoms with Gasteiger partial charge in [-0.25, -0.2) is 0 Å². The van der Waals surface area contributed by atoms with Gasteiger partial charge in [-0.05, 0) is 77.8 Å². The minimum absolute atomic E-state index is 0.490. The van der Waals surface area contributed by atoms with Gasteiger partial charge in [0.05, 0.1) is 0 Å². The third kappa shape index (κ3) is 6.88. The van der Waals surface area contributed by atoms with Gasteiger partial charge in [0.15, 0.2) is 0 Å². The molecule has 0 aliphatic rings. The minimum Gasteiger partial charge on any atom is -0.176 e. The number of aryl methyl sites for hydroxylation is 4. The summed E-state index contributed by atoms with van der Waals surface area (Å²) >= 11 is 0. The van der Waals surface area contributed by atoms with Crippen molar-refractivity contribution in [2.24, 2.45) is 0 Å². The van der Waals surface area contributed by atoms with Crippen molar-refractivity contribution in [3.63, 3.8) is 0 Å². The van der Waals surface area contributed by atoms with Crippen LogP contribution < -0.4 is 26.5 Å². The number of rotatable bonds is 8. The molecule has 5 aromatic carbocycles. The Morgan fingerprint density at radius 1 is 0.600 bits per heavy atom. The highest BCUT2D eigenvalue weighted by molar-refractivity contribution is 7.80. The lowest BCUT2D eigenvalue weighted by Crippen LogP contribution is -2.24. The van der Waals surface area contributed by atoms with Crippen molar-refractivity contribution >= 4 is 48.4 Å². The van der Waals surface area contributed by atoms with Crippen LogP contribution >= 0.6 is 15.8 Å². The van der Waals surface area contributed by atoms with Crippen molar-refractivity contribution in [2.75, 3.05) is 6.16 Å². The van der Waals surface area contributed by atoms with Crippen molar-refractivity contribution in [3.8, 4) is 0 Å². The highest BCUT2D eigenvalue weighted by Crippen LogP contribution is 2.38. The van der Waals surface area contributed by atoms with Gasteiger partial charge < -0.3 is 0 Å². The number of allylic oxidation sites excluding steroid dienone is 1. The zero-order chi connectivity index (χ0) is 28.1. The van der Waals surface area contributed by atoms with Gasteiger partial charge in [-0.15, -0.1) is 16.9 Å². The van der Waals surface area contributed by atoms with E-state index in [0.29, 0.717) is 0 Å². The van der Waals surface area contributed by atoms with Crippen LogP contribution in [-0.2, 0) is 0 Å². The first kappa shape index (κ1) is 28.2. The molecule has 2 heteroatoms. The summed E-state index contributed by atoms with van der Waals surface area (Å²) in [5.74, 6) is 0. The van der Waals surface area contributed by atoms with Gasteiger partial charge >= 0.3 is 0 Å². The molecule has 0 heterocycles. The zero-order valence-electron chi connectivity index (χ0n) is 24.1. The topological polar surface area (TPSA) is 0 Å². The average molecular weight is 556 g/mol. The van der Waals surface area contributed by atoms with E-state index in [1.54, 1.807) is 0 Å². The Kier molecular flexibility index (Phi) is 9.11. The smallest absolute Gasteiger partial charge is 0.00436 e. The Morgan fingerprint density at radius 2 is 1.07 bits per heavy atom. The molecule has 0 saturated heterocycles. The first-order valence-corrected chi connectivity index (χ1v) is 16.8. The van der Waals surface area contributed by atoms with Crippen LogP contribution in [0, 0.1) is 33.8 Å². The first-order chi connectivity index (χ1) is 19.4. The van der Waals surface area contributed by atoms with E-state index in [0.717, 1.165) is 6.16 Å². The molecule has 0 N–H and O–H groups in total. The molecular weight excluding hydrogens is 518 g/mol. The Balaban J connectivity index is 1.60. The molecule has 5 aromatic rings. The van der Waals surface area contributed by atoms with E-state index in [1.165, 1.54) is 59.9 Å². The predicted octanol–water partition coefficient (Wildman–Crippen LogP) is 8.01. The van der Waals surface area contributed by atoms with E-state index in [1.807, 2.05) is 0 Å². The second-order valence-corrected chi connectivity index (χ2v) is 15.1. The zero-order valence-corrected chi connectivity index (χ0v) is 25.9. The highest BCUT2D eigenvalue weighted by Gasteiger charge is 2.18. The fourth-order valence-corrected chi connectivity index (χ4v) is 10.5. The number of benzene rings is 5. The van der Waals surface area contributed by atoms with Gasteiger partial charge in [-0.3, -0.25) is 0 Å². The molecule has 0 aromatic heterocycles. The average Bonchev–Trinajstić information content (AvgIpc) is 2.93. The van der Waals surface area contributed by atoms with Gasteiger partial charge in [0.25, 0.3) is 0 Å². The molecule has 0 radical (unpaired) electrons. The van der Waals surface area contributed by atoms with Crippen molar-refractivity contribution in [1.82, 2.24) is 0 Å². The van der Waals surface area contributed by atoms with E-state index in [2.05, 4.69) is 162 Å². The van der Waals surface area contributed by atoms with Crippen LogP contribution in [0.1, 0.15) is 34.7 Å². The van der Waals surface area contributed by atoms with E-state index >= 15 is 0 Å². The third-order valence-corrected chi connectivity index (χ3v) is 12.0. The predicted molar refractivity (Wildman–Crippen MR) is 181 cm³/mol. The molecule has 0 fully saturated rings.